The first-order chi connectivity index (χ1) is 10.9. The van der Waals surface area contributed by atoms with E-state index in [1.165, 1.54) is 12.1 Å². The molecule has 0 amide bonds. The summed E-state index contributed by atoms with van der Waals surface area (Å²) < 4.78 is 40.9. The molecule has 1 aliphatic rings. The van der Waals surface area contributed by atoms with E-state index in [1.54, 1.807) is 19.2 Å². The van der Waals surface area contributed by atoms with Gasteiger partial charge < -0.3 is 0 Å². The number of sulfonamides is 1. The molecule has 0 aliphatic heterocycles. The summed E-state index contributed by atoms with van der Waals surface area (Å²) in [6.07, 6.45) is 3.53. The molecule has 2 aromatic rings. The highest BCUT2D eigenvalue weighted by Gasteiger charge is 2.45. The van der Waals surface area contributed by atoms with Gasteiger partial charge in [-0.1, -0.05) is 18.2 Å². The summed E-state index contributed by atoms with van der Waals surface area (Å²) in [7, 11) is -3.59. The van der Waals surface area contributed by atoms with E-state index in [2.05, 4.69) is 9.71 Å². The third kappa shape index (κ3) is 3.76. The molecule has 1 aromatic heterocycles. The minimum absolute atomic E-state index is 0.186. The van der Waals surface area contributed by atoms with E-state index < -0.39 is 15.8 Å². The average molecular weight is 334 g/mol. The Labute approximate surface area is 135 Å². The minimum Gasteiger partial charge on any atom is -0.261 e. The number of benzene rings is 1. The first-order valence-electron chi connectivity index (χ1n) is 7.54. The molecule has 23 heavy (non-hydrogen) atoms. The largest absolute Gasteiger partial charge is 0.261 e. The molecule has 1 fully saturated rings. The van der Waals surface area contributed by atoms with Crippen molar-refractivity contribution >= 4 is 10.0 Å². The molecular weight excluding hydrogens is 315 g/mol. The summed E-state index contributed by atoms with van der Waals surface area (Å²) in [4.78, 5) is 4.33. The molecule has 0 atom stereocenters. The zero-order valence-electron chi connectivity index (χ0n) is 12.9. The molecule has 3 rings (SSSR count). The lowest BCUT2D eigenvalue weighted by molar-refractivity contribution is 0.559. The molecule has 0 saturated heterocycles. The predicted octanol–water partition coefficient (Wildman–Crippen LogP) is 2.68. The normalized spacial score (nSPS) is 16.3. The maximum Gasteiger partial charge on any atom is 0.215 e. The Morgan fingerprint density at radius 3 is 2.65 bits per heavy atom. The SMILES string of the molecule is Cc1ccc(CS(=O)(=O)NCC2(c3ccccn3)CC2)c(F)c1. The van der Waals surface area contributed by atoms with Crippen LogP contribution in [0.5, 0.6) is 0 Å². The van der Waals surface area contributed by atoms with Crippen LogP contribution in [0.2, 0.25) is 0 Å². The molecule has 0 spiro atoms. The van der Waals surface area contributed by atoms with Gasteiger partial charge in [0.25, 0.3) is 0 Å². The second kappa shape index (κ2) is 6.02. The Bertz CT molecular complexity index is 803. The van der Waals surface area contributed by atoms with Gasteiger partial charge in [0.2, 0.25) is 10.0 Å². The summed E-state index contributed by atoms with van der Waals surface area (Å²) in [5, 5.41) is 0. The first kappa shape index (κ1) is 16.1. The number of aryl methyl sites for hydroxylation is 1. The summed E-state index contributed by atoms with van der Waals surface area (Å²) in [6, 6.07) is 10.2. The quantitative estimate of drug-likeness (QED) is 0.883. The maximum atomic E-state index is 13.8. The van der Waals surface area contributed by atoms with E-state index >= 15 is 0 Å². The lowest BCUT2D eigenvalue weighted by Gasteiger charge is -2.16. The highest BCUT2D eigenvalue weighted by atomic mass is 32.2. The van der Waals surface area contributed by atoms with Crippen LogP contribution < -0.4 is 4.72 Å². The minimum atomic E-state index is -3.59. The Morgan fingerprint density at radius 1 is 1.26 bits per heavy atom. The molecule has 1 aromatic carbocycles. The van der Waals surface area contributed by atoms with Crippen LogP contribution in [0.25, 0.3) is 0 Å². The second-order valence-corrected chi connectivity index (χ2v) is 7.98. The van der Waals surface area contributed by atoms with Crippen LogP contribution >= 0.6 is 0 Å². The van der Waals surface area contributed by atoms with Crippen molar-refractivity contribution in [3.63, 3.8) is 0 Å². The van der Waals surface area contributed by atoms with Gasteiger partial charge in [0.15, 0.2) is 0 Å². The van der Waals surface area contributed by atoms with Crippen molar-refractivity contribution in [3.8, 4) is 0 Å². The molecule has 0 unspecified atom stereocenters. The van der Waals surface area contributed by atoms with Gasteiger partial charge in [-0.05, 0) is 43.5 Å². The van der Waals surface area contributed by atoms with Gasteiger partial charge in [-0.2, -0.15) is 0 Å². The van der Waals surface area contributed by atoms with E-state index in [-0.39, 0.29) is 16.7 Å². The van der Waals surface area contributed by atoms with Crippen molar-refractivity contribution in [2.45, 2.75) is 30.9 Å². The molecule has 4 nitrogen and oxygen atoms in total. The molecule has 1 saturated carbocycles. The van der Waals surface area contributed by atoms with Crippen LogP contribution in [0.4, 0.5) is 4.39 Å². The van der Waals surface area contributed by atoms with Gasteiger partial charge in [-0.25, -0.2) is 17.5 Å². The fourth-order valence-corrected chi connectivity index (χ4v) is 3.87. The molecule has 0 bridgehead atoms. The van der Waals surface area contributed by atoms with Crippen LogP contribution in [0, 0.1) is 12.7 Å². The summed E-state index contributed by atoms with van der Waals surface area (Å²) >= 11 is 0. The monoisotopic (exact) mass is 334 g/mol. The standard InChI is InChI=1S/C17H19FN2O2S/c1-13-5-6-14(15(18)10-13)11-23(21,22)20-12-17(7-8-17)16-4-2-3-9-19-16/h2-6,9-10,20H,7-8,11-12H2,1H3. The van der Waals surface area contributed by atoms with Gasteiger partial charge >= 0.3 is 0 Å². The molecular formula is C17H19FN2O2S. The number of nitrogens with one attached hydrogen (secondary N) is 1. The van der Waals surface area contributed by atoms with Gasteiger partial charge in [0.1, 0.15) is 5.82 Å². The van der Waals surface area contributed by atoms with Crippen LogP contribution in [-0.4, -0.2) is 19.9 Å². The Kier molecular flexibility index (Phi) is 4.21. The molecule has 1 heterocycles. The fraction of sp³-hybridized carbons (Fsp3) is 0.353. The molecule has 0 radical (unpaired) electrons. The zero-order valence-corrected chi connectivity index (χ0v) is 13.7. The smallest absolute Gasteiger partial charge is 0.215 e. The molecule has 122 valence electrons. The molecule has 1 N–H and O–H groups in total. The van der Waals surface area contributed by atoms with E-state index in [0.29, 0.717) is 6.54 Å². The van der Waals surface area contributed by atoms with Crippen molar-refractivity contribution < 1.29 is 12.8 Å². The van der Waals surface area contributed by atoms with Gasteiger partial charge in [0.05, 0.1) is 5.75 Å². The van der Waals surface area contributed by atoms with Crippen LogP contribution in [-0.2, 0) is 21.2 Å². The van der Waals surface area contributed by atoms with Crippen molar-refractivity contribution in [2.75, 3.05) is 6.54 Å². The molecule has 1 aliphatic carbocycles. The third-order valence-corrected chi connectivity index (χ3v) is 5.52. The number of nitrogens with zero attached hydrogens (tertiary/aromatic N) is 1. The van der Waals surface area contributed by atoms with E-state index in [1.807, 2.05) is 18.2 Å². The van der Waals surface area contributed by atoms with Gasteiger partial charge in [0, 0.05) is 29.4 Å². The Balaban J connectivity index is 1.68. The van der Waals surface area contributed by atoms with Gasteiger partial charge in [-0.3, -0.25) is 4.98 Å². The number of hydrogen-bond acceptors (Lipinski definition) is 3. The lowest BCUT2D eigenvalue weighted by Crippen LogP contribution is -2.33. The van der Waals surface area contributed by atoms with E-state index in [4.69, 9.17) is 0 Å². The zero-order chi connectivity index (χ0) is 16.5. The van der Waals surface area contributed by atoms with Crippen molar-refractivity contribution in [2.24, 2.45) is 0 Å². The van der Waals surface area contributed by atoms with E-state index in [9.17, 15) is 12.8 Å². The summed E-state index contributed by atoms with van der Waals surface area (Å²) in [5.74, 6) is -0.835. The van der Waals surface area contributed by atoms with Crippen molar-refractivity contribution in [1.82, 2.24) is 9.71 Å². The van der Waals surface area contributed by atoms with Crippen molar-refractivity contribution in [1.29, 1.82) is 0 Å². The van der Waals surface area contributed by atoms with Crippen LogP contribution in [0.1, 0.15) is 29.7 Å². The van der Waals surface area contributed by atoms with E-state index in [0.717, 1.165) is 24.1 Å². The summed E-state index contributed by atoms with van der Waals surface area (Å²) in [6.45, 7) is 2.07. The predicted molar refractivity (Wildman–Crippen MR) is 86.9 cm³/mol. The Morgan fingerprint density at radius 2 is 2.04 bits per heavy atom. The lowest BCUT2D eigenvalue weighted by atomic mass is 10.0. The van der Waals surface area contributed by atoms with Crippen LogP contribution in [0.3, 0.4) is 0 Å². The number of aromatic nitrogens is 1. The van der Waals surface area contributed by atoms with Crippen molar-refractivity contribution in [3.05, 3.63) is 65.2 Å². The third-order valence-electron chi connectivity index (χ3n) is 4.25. The first-order valence-corrected chi connectivity index (χ1v) is 9.19. The second-order valence-electron chi connectivity index (χ2n) is 6.17. The highest BCUT2D eigenvalue weighted by molar-refractivity contribution is 7.88. The Hall–Kier alpha value is -1.79. The number of hydrogen-bond donors (Lipinski definition) is 1. The average Bonchev–Trinajstić information content (AvgIpc) is 3.31. The summed E-state index contributed by atoms with van der Waals surface area (Å²) in [5.41, 5.74) is 1.65. The maximum absolute atomic E-state index is 13.8. The topological polar surface area (TPSA) is 59.1 Å². The van der Waals surface area contributed by atoms with Crippen LogP contribution in [0.15, 0.2) is 42.6 Å². The fourth-order valence-electron chi connectivity index (χ4n) is 2.62. The number of halogens is 1. The number of pyridine rings is 1. The van der Waals surface area contributed by atoms with Gasteiger partial charge in [-0.15, -0.1) is 0 Å². The number of rotatable bonds is 6. The highest BCUT2D eigenvalue weighted by Crippen LogP contribution is 2.46. The molecule has 6 heteroatoms.